The molecule has 94 valence electrons. The van der Waals surface area contributed by atoms with E-state index in [0.717, 1.165) is 0 Å². The summed E-state index contributed by atoms with van der Waals surface area (Å²) in [5, 5.41) is 0.444. The summed E-state index contributed by atoms with van der Waals surface area (Å²) in [5.41, 5.74) is 0.662. The SMILES string of the molecule is CC1COCCN1c1c(F)cc(CBr)cc1F. The molecule has 0 bridgehead atoms. The van der Waals surface area contributed by atoms with Crippen LogP contribution in [-0.2, 0) is 10.1 Å². The molecule has 1 atom stereocenters. The van der Waals surface area contributed by atoms with Crippen molar-refractivity contribution in [2.24, 2.45) is 0 Å². The van der Waals surface area contributed by atoms with E-state index in [4.69, 9.17) is 4.74 Å². The fourth-order valence-corrected chi connectivity index (χ4v) is 2.35. The number of hydrogen-bond acceptors (Lipinski definition) is 2. The molecule has 0 amide bonds. The van der Waals surface area contributed by atoms with Gasteiger partial charge in [-0.1, -0.05) is 15.9 Å². The summed E-state index contributed by atoms with van der Waals surface area (Å²) in [7, 11) is 0. The molecule has 5 heteroatoms. The van der Waals surface area contributed by atoms with Crippen molar-refractivity contribution in [2.45, 2.75) is 18.3 Å². The normalized spacial score (nSPS) is 20.7. The van der Waals surface area contributed by atoms with Crippen molar-refractivity contribution in [1.29, 1.82) is 0 Å². The Labute approximate surface area is 108 Å². The van der Waals surface area contributed by atoms with Gasteiger partial charge in [-0.2, -0.15) is 0 Å². The monoisotopic (exact) mass is 305 g/mol. The minimum Gasteiger partial charge on any atom is -0.377 e. The standard InChI is InChI=1S/C12H14BrF2NO/c1-8-7-17-3-2-16(8)12-10(14)4-9(6-13)5-11(12)15/h4-5,8H,2-3,6-7H2,1H3. The molecule has 1 aromatic carbocycles. The van der Waals surface area contributed by atoms with Gasteiger partial charge in [-0.05, 0) is 24.6 Å². The van der Waals surface area contributed by atoms with Gasteiger partial charge in [0.15, 0.2) is 0 Å². The van der Waals surface area contributed by atoms with Crippen molar-refractivity contribution in [3.05, 3.63) is 29.3 Å². The number of anilines is 1. The first-order chi connectivity index (χ1) is 8.13. The molecule has 0 radical (unpaired) electrons. The smallest absolute Gasteiger partial charge is 0.149 e. The van der Waals surface area contributed by atoms with Gasteiger partial charge in [0.2, 0.25) is 0 Å². The molecule has 1 unspecified atom stereocenters. The minimum atomic E-state index is -0.506. The molecular formula is C12H14BrF2NO. The lowest BCUT2D eigenvalue weighted by Gasteiger charge is -2.35. The second-order valence-electron chi connectivity index (χ2n) is 4.16. The minimum absolute atomic E-state index is 0.0115. The maximum atomic E-state index is 13.9. The van der Waals surface area contributed by atoms with Gasteiger partial charge in [0.25, 0.3) is 0 Å². The maximum absolute atomic E-state index is 13.9. The first-order valence-corrected chi connectivity index (χ1v) is 6.64. The number of alkyl halides is 1. The van der Waals surface area contributed by atoms with Gasteiger partial charge < -0.3 is 9.64 Å². The molecule has 1 aliphatic heterocycles. The predicted molar refractivity (Wildman–Crippen MR) is 66.6 cm³/mol. The molecule has 2 nitrogen and oxygen atoms in total. The van der Waals surface area contributed by atoms with Gasteiger partial charge >= 0.3 is 0 Å². The highest BCUT2D eigenvalue weighted by Gasteiger charge is 2.25. The van der Waals surface area contributed by atoms with Crippen LogP contribution in [0.4, 0.5) is 14.5 Å². The first kappa shape index (κ1) is 12.8. The van der Waals surface area contributed by atoms with E-state index in [1.807, 2.05) is 6.92 Å². The molecule has 2 rings (SSSR count). The Hall–Kier alpha value is -0.680. The van der Waals surface area contributed by atoms with Gasteiger partial charge in [0.1, 0.15) is 17.3 Å². The van der Waals surface area contributed by atoms with Gasteiger partial charge in [-0.15, -0.1) is 0 Å². The molecule has 1 saturated heterocycles. The van der Waals surface area contributed by atoms with Crippen molar-refractivity contribution in [2.75, 3.05) is 24.7 Å². The number of hydrogen-bond donors (Lipinski definition) is 0. The predicted octanol–water partition coefficient (Wildman–Crippen LogP) is 3.08. The summed E-state index contributed by atoms with van der Waals surface area (Å²) in [6, 6.07) is 2.73. The second kappa shape index (κ2) is 5.31. The molecule has 1 aromatic rings. The van der Waals surface area contributed by atoms with Crippen molar-refractivity contribution in [1.82, 2.24) is 0 Å². The Morgan fingerprint density at radius 1 is 1.41 bits per heavy atom. The lowest BCUT2D eigenvalue weighted by atomic mass is 10.1. The van der Waals surface area contributed by atoms with Crippen LogP contribution in [0.3, 0.4) is 0 Å². The third-order valence-electron chi connectivity index (χ3n) is 2.89. The number of rotatable bonds is 2. The molecule has 1 aliphatic rings. The summed E-state index contributed by atoms with van der Waals surface area (Å²) in [6.07, 6.45) is 0. The molecule has 1 heterocycles. The van der Waals surface area contributed by atoms with Crippen LogP contribution in [-0.4, -0.2) is 25.8 Å². The average molecular weight is 306 g/mol. The van der Waals surface area contributed by atoms with Crippen LogP contribution in [0.5, 0.6) is 0 Å². The Morgan fingerprint density at radius 3 is 2.59 bits per heavy atom. The molecular weight excluding hydrogens is 292 g/mol. The van der Waals surface area contributed by atoms with E-state index in [-0.39, 0.29) is 11.7 Å². The maximum Gasteiger partial charge on any atom is 0.149 e. The van der Waals surface area contributed by atoms with E-state index in [9.17, 15) is 8.78 Å². The number of nitrogens with zero attached hydrogens (tertiary/aromatic N) is 1. The van der Waals surface area contributed by atoms with Crippen LogP contribution in [0.25, 0.3) is 0 Å². The highest BCUT2D eigenvalue weighted by molar-refractivity contribution is 9.08. The van der Waals surface area contributed by atoms with Crippen molar-refractivity contribution >= 4 is 21.6 Å². The van der Waals surface area contributed by atoms with E-state index in [0.29, 0.717) is 30.7 Å². The molecule has 1 fully saturated rings. The highest BCUT2D eigenvalue weighted by atomic mass is 79.9. The van der Waals surface area contributed by atoms with E-state index >= 15 is 0 Å². The number of morpholine rings is 1. The molecule has 0 spiro atoms. The van der Waals surface area contributed by atoms with E-state index in [1.165, 1.54) is 12.1 Å². The second-order valence-corrected chi connectivity index (χ2v) is 4.72. The zero-order valence-electron chi connectivity index (χ0n) is 9.55. The Morgan fingerprint density at radius 2 is 2.06 bits per heavy atom. The largest absolute Gasteiger partial charge is 0.377 e. The number of halogens is 3. The van der Waals surface area contributed by atoms with Crippen LogP contribution in [0, 0.1) is 11.6 Å². The molecule has 0 aromatic heterocycles. The van der Waals surface area contributed by atoms with Crippen LogP contribution in [0.2, 0.25) is 0 Å². The van der Waals surface area contributed by atoms with Crippen LogP contribution < -0.4 is 4.90 Å². The van der Waals surface area contributed by atoms with Gasteiger partial charge in [0.05, 0.1) is 13.2 Å². The Balaban J connectivity index is 2.37. The third-order valence-corrected chi connectivity index (χ3v) is 3.53. The Bertz CT molecular complexity index is 390. The van der Waals surface area contributed by atoms with Crippen molar-refractivity contribution in [3.8, 4) is 0 Å². The molecule has 0 aliphatic carbocycles. The fraction of sp³-hybridized carbons (Fsp3) is 0.500. The highest BCUT2D eigenvalue weighted by Crippen LogP contribution is 2.28. The van der Waals surface area contributed by atoms with E-state index in [2.05, 4.69) is 15.9 Å². The lowest BCUT2D eigenvalue weighted by molar-refractivity contribution is 0.0982. The summed E-state index contributed by atoms with van der Waals surface area (Å²) < 4.78 is 33.1. The van der Waals surface area contributed by atoms with E-state index < -0.39 is 11.6 Å². The molecule has 0 N–H and O–H groups in total. The average Bonchev–Trinajstić information content (AvgIpc) is 2.30. The number of benzene rings is 1. The zero-order valence-corrected chi connectivity index (χ0v) is 11.1. The summed E-state index contributed by atoms with van der Waals surface area (Å²) >= 11 is 3.19. The summed E-state index contributed by atoms with van der Waals surface area (Å²) in [6.45, 7) is 3.42. The van der Waals surface area contributed by atoms with Gasteiger partial charge in [0, 0.05) is 17.9 Å². The quantitative estimate of drug-likeness (QED) is 0.779. The van der Waals surface area contributed by atoms with Gasteiger partial charge in [-0.3, -0.25) is 0 Å². The van der Waals surface area contributed by atoms with Crippen LogP contribution in [0.15, 0.2) is 12.1 Å². The van der Waals surface area contributed by atoms with E-state index in [1.54, 1.807) is 4.90 Å². The van der Waals surface area contributed by atoms with Crippen molar-refractivity contribution < 1.29 is 13.5 Å². The number of ether oxygens (including phenoxy) is 1. The summed E-state index contributed by atoms with van der Waals surface area (Å²) in [4.78, 5) is 1.73. The fourth-order valence-electron chi connectivity index (χ4n) is 2.03. The molecule has 17 heavy (non-hydrogen) atoms. The topological polar surface area (TPSA) is 12.5 Å². The Kier molecular flexibility index (Phi) is 3.99. The molecule has 0 saturated carbocycles. The van der Waals surface area contributed by atoms with Crippen LogP contribution >= 0.6 is 15.9 Å². The van der Waals surface area contributed by atoms with Crippen molar-refractivity contribution in [3.63, 3.8) is 0 Å². The van der Waals surface area contributed by atoms with Gasteiger partial charge in [-0.25, -0.2) is 8.78 Å². The zero-order chi connectivity index (χ0) is 12.4. The lowest BCUT2D eigenvalue weighted by Crippen LogP contribution is -2.44. The summed E-state index contributed by atoms with van der Waals surface area (Å²) in [5.74, 6) is -1.01. The third kappa shape index (κ3) is 2.60. The van der Waals surface area contributed by atoms with Crippen LogP contribution in [0.1, 0.15) is 12.5 Å². The first-order valence-electron chi connectivity index (χ1n) is 5.51.